The van der Waals surface area contributed by atoms with Crippen LogP contribution in [0.25, 0.3) is 0 Å². The lowest BCUT2D eigenvalue weighted by atomic mass is 10.1. The number of ether oxygens (including phenoxy) is 1. The van der Waals surface area contributed by atoms with E-state index in [-0.39, 0.29) is 5.97 Å². The summed E-state index contributed by atoms with van der Waals surface area (Å²) in [4.78, 5) is 11.7. The Labute approximate surface area is 176 Å². The van der Waals surface area contributed by atoms with Crippen molar-refractivity contribution in [1.82, 2.24) is 10.6 Å². The zero-order valence-electron chi connectivity index (χ0n) is 19.2. The molecular weight excluding hydrogens is 348 g/mol. The maximum absolute atomic E-state index is 11.7. The second-order valence-electron chi connectivity index (χ2n) is 8.13. The van der Waals surface area contributed by atoms with Crippen molar-refractivity contribution in [1.29, 1.82) is 0 Å². The minimum absolute atomic E-state index is 0.00668. The van der Waals surface area contributed by atoms with Crippen LogP contribution in [0.5, 0.6) is 0 Å². The lowest BCUT2D eigenvalue weighted by molar-refractivity contribution is -0.143. The van der Waals surface area contributed by atoms with Gasteiger partial charge in [0.25, 0.3) is 0 Å². The molecule has 0 radical (unpaired) electrons. The molecule has 0 heterocycles. The van der Waals surface area contributed by atoms with E-state index in [1.54, 1.807) is 0 Å². The summed E-state index contributed by atoms with van der Waals surface area (Å²) in [5.41, 5.74) is 0. The second-order valence-corrected chi connectivity index (χ2v) is 8.13. The number of hydrogen-bond donors (Lipinski definition) is 2. The number of carbonyl (C=O) groups excluding carboxylic acids is 1. The highest BCUT2D eigenvalue weighted by molar-refractivity contribution is 5.69. The number of rotatable bonds is 23. The molecular formula is C24H50N2O2. The van der Waals surface area contributed by atoms with E-state index in [9.17, 15) is 4.79 Å². The Bertz CT molecular complexity index is 311. The standard InChI is InChI=1S/C24H50N2O2/c1-3-4-5-6-7-8-12-15-18-23-28-24(27)19-16-13-10-9-11-14-17-20-26-22-21-25-2/h25-26H,3-23H2,1-2H3. The molecule has 168 valence electrons. The molecule has 2 N–H and O–H groups in total. The topological polar surface area (TPSA) is 50.4 Å². The Kier molecular flexibility index (Phi) is 23.9. The first-order chi connectivity index (χ1) is 13.8. The van der Waals surface area contributed by atoms with Crippen LogP contribution in [0.15, 0.2) is 0 Å². The summed E-state index contributed by atoms with van der Waals surface area (Å²) in [6.07, 6.45) is 20.9. The molecule has 0 saturated carbocycles. The van der Waals surface area contributed by atoms with Gasteiger partial charge in [0.05, 0.1) is 6.61 Å². The minimum atomic E-state index is 0.00668. The number of carbonyl (C=O) groups is 1. The van der Waals surface area contributed by atoms with Gasteiger partial charge in [-0.3, -0.25) is 4.79 Å². The lowest BCUT2D eigenvalue weighted by Gasteiger charge is -2.06. The molecule has 4 heteroatoms. The van der Waals surface area contributed by atoms with Crippen molar-refractivity contribution >= 4 is 5.97 Å². The van der Waals surface area contributed by atoms with E-state index in [0.29, 0.717) is 13.0 Å². The number of esters is 1. The summed E-state index contributed by atoms with van der Waals surface area (Å²) in [7, 11) is 1.99. The van der Waals surface area contributed by atoms with Gasteiger partial charge >= 0.3 is 5.97 Å². The molecule has 0 aromatic rings. The van der Waals surface area contributed by atoms with Gasteiger partial charge in [0.1, 0.15) is 0 Å². The van der Waals surface area contributed by atoms with E-state index >= 15 is 0 Å². The third kappa shape index (κ3) is 23.4. The van der Waals surface area contributed by atoms with Crippen LogP contribution in [-0.4, -0.2) is 39.3 Å². The molecule has 0 spiro atoms. The Balaban J connectivity index is 3.13. The summed E-state index contributed by atoms with van der Waals surface area (Å²) in [6.45, 7) is 6.12. The summed E-state index contributed by atoms with van der Waals surface area (Å²) in [5.74, 6) is 0.00668. The van der Waals surface area contributed by atoms with Crippen LogP contribution in [0.2, 0.25) is 0 Å². The van der Waals surface area contributed by atoms with Crippen molar-refractivity contribution in [2.45, 2.75) is 116 Å². The minimum Gasteiger partial charge on any atom is -0.466 e. The van der Waals surface area contributed by atoms with Crippen molar-refractivity contribution in [2.24, 2.45) is 0 Å². The molecule has 0 aliphatic heterocycles. The average Bonchev–Trinajstić information content (AvgIpc) is 2.70. The van der Waals surface area contributed by atoms with Crippen LogP contribution in [0.4, 0.5) is 0 Å². The summed E-state index contributed by atoms with van der Waals surface area (Å²) >= 11 is 0. The Hall–Kier alpha value is -0.610. The average molecular weight is 399 g/mol. The first-order valence-electron chi connectivity index (χ1n) is 12.3. The van der Waals surface area contributed by atoms with Gasteiger partial charge < -0.3 is 15.4 Å². The zero-order chi connectivity index (χ0) is 20.5. The van der Waals surface area contributed by atoms with Gasteiger partial charge in [0.2, 0.25) is 0 Å². The van der Waals surface area contributed by atoms with Crippen LogP contribution >= 0.6 is 0 Å². The molecule has 0 aromatic carbocycles. The van der Waals surface area contributed by atoms with E-state index < -0.39 is 0 Å². The molecule has 0 aliphatic rings. The van der Waals surface area contributed by atoms with Crippen molar-refractivity contribution < 1.29 is 9.53 Å². The Morgan fingerprint density at radius 3 is 1.79 bits per heavy atom. The van der Waals surface area contributed by atoms with Gasteiger partial charge in [-0.05, 0) is 32.9 Å². The lowest BCUT2D eigenvalue weighted by Crippen LogP contribution is -2.25. The molecule has 0 atom stereocenters. The summed E-state index contributed by atoms with van der Waals surface area (Å²) in [6, 6.07) is 0. The monoisotopic (exact) mass is 398 g/mol. The predicted molar refractivity (Wildman–Crippen MR) is 122 cm³/mol. The van der Waals surface area contributed by atoms with Crippen LogP contribution in [-0.2, 0) is 9.53 Å². The van der Waals surface area contributed by atoms with Gasteiger partial charge in [-0.2, -0.15) is 0 Å². The highest BCUT2D eigenvalue weighted by atomic mass is 16.5. The Morgan fingerprint density at radius 2 is 1.18 bits per heavy atom. The fourth-order valence-electron chi connectivity index (χ4n) is 3.41. The SMILES string of the molecule is CCCCCCCCCCCOC(=O)CCCCCCCCCNCCNC. The molecule has 0 unspecified atom stereocenters. The molecule has 0 rings (SSSR count). The molecule has 4 nitrogen and oxygen atoms in total. The van der Waals surface area contributed by atoms with E-state index in [1.807, 2.05) is 7.05 Å². The number of unbranched alkanes of at least 4 members (excludes halogenated alkanes) is 14. The van der Waals surface area contributed by atoms with Gasteiger partial charge in [0.15, 0.2) is 0 Å². The van der Waals surface area contributed by atoms with Crippen molar-refractivity contribution in [3.8, 4) is 0 Å². The molecule has 28 heavy (non-hydrogen) atoms. The van der Waals surface area contributed by atoms with Crippen LogP contribution in [0.1, 0.15) is 116 Å². The third-order valence-corrected chi connectivity index (χ3v) is 5.30. The van der Waals surface area contributed by atoms with E-state index in [2.05, 4.69) is 17.6 Å². The number of likely N-dealkylation sites (N-methyl/N-ethyl adjacent to an activating group) is 1. The third-order valence-electron chi connectivity index (χ3n) is 5.30. The van der Waals surface area contributed by atoms with E-state index in [4.69, 9.17) is 4.74 Å². The fourth-order valence-corrected chi connectivity index (χ4v) is 3.41. The number of hydrogen-bond acceptors (Lipinski definition) is 4. The van der Waals surface area contributed by atoms with E-state index in [0.717, 1.165) is 38.9 Å². The van der Waals surface area contributed by atoms with Crippen LogP contribution in [0.3, 0.4) is 0 Å². The number of nitrogens with one attached hydrogen (secondary N) is 2. The van der Waals surface area contributed by atoms with E-state index in [1.165, 1.54) is 83.5 Å². The highest BCUT2D eigenvalue weighted by Crippen LogP contribution is 2.11. The largest absolute Gasteiger partial charge is 0.466 e. The summed E-state index contributed by atoms with van der Waals surface area (Å²) in [5, 5.41) is 6.58. The fraction of sp³-hybridized carbons (Fsp3) is 0.958. The molecule has 0 amide bonds. The molecule has 0 aliphatic carbocycles. The van der Waals surface area contributed by atoms with Crippen molar-refractivity contribution in [3.05, 3.63) is 0 Å². The molecule has 0 fully saturated rings. The predicted octanol–water partition coefficient (Wildman–Crippen LogP) is 5.99. The first kappa shape index (κ1) is 27.4. The zero-order valence-corrected chi connectivity index (χ0v) is 19.2. The van der Waals surface area contributed by atoms with Crippen LogP contribution < -0.4 is 10.6 Å². The molecule has 0 aromatic heterocycles. The smallest absolute Gasteiger partial charge is 0.305 e. The van der Waals surface area contributed by atoms with Crippen LogP contribution in [0, 0.1) is 0 Å². The van der Waals surface area contributed by atoms with Crippen molar-refractivity contribution in [3.63, 3.8) is 0 Å². The molecule has 0 saturated heterocycles. The maximum atomic E-state index is 11.7. The molecule has 0 bridgehead atoms. The van der Waals surface area contributed by atoms with Crippen molar-refractivity contribution in [2.75, 3.05) is 33.3 Å². The highest BCUT2D eigenvalue weighted by Gasteiger charge is 2.02. The normalized spacial score (nSPS) is 11.1. The van der Waals surface area contributed by atoms with Gasteiger partial charge in [-0.15, -0.1) is 0 Å². The van der Waals surface area contributed by atoms with Gasteiger partial charge in [-0.25, -0.2) is 0 Å². The summed E-state index contributed by atoms with van der Waals surface area (Å²) < 4.78 is 5.35. The van der Waals surface area contributed by atoms with Gasteiger partial charge in [-0.1, -0.05) is 90.4 Å². The second kappa shape index (κ2) is 24.4. The maximum Gasteiger partial charge on any atom is 0.305 e. The van der Waals surface area contributed by atoms with Gasteiger partial charge in [0, 0.05) is 19.5 Å². The quantitative estimate of drug-likeness (QED) is 0.164. The first-order valence-corrected chi connectivity index (χ1v) is 12.3. The Morgan fingerprint density at radius 1 is 0.643 bits per heavy atom.